The maximum atomic E-state index is 6.37. The molecule has 4 heteroatoms. The average molecular weight is 300 g/mol. The third-order valence-corrected chi connectivity index (χ3v) is 4.07. The molecule has 2 unspecified atom stereocenters. The molecule has 0 aliphatic heterocycles. The van der Waals surface area contributed by atoms with Crippen molar-refractivity contribution < 1.29 is 0 Å². The molecule has 0 aliphatic rings. The second kappa shape index (κ2) is 5.49. The van der Waals surface area contributed by atoms with Crippen molar-refractivity contribution in [3.05, 3.63) is 59.7 Å². The molecule has 3 aromatic rings. The molecule has 0 saturated carbocycles. The highest BCUT2D eigenvalue weighted by Crippen LogP contribution is 2.32. The quantitative estimate of drug-likeness (QED) is 0.659. The van der Waals surface area contributed by atoms with Crippen molar-refractivity contribution >= 4 is 22.6 Å². The second-order valence-corrected chi connectivity index (χ2v) is 6.01. The van der Waals surface area contributed by atoms with Gasteiger partial charge in [0.15, 0.2) is 0 Å². The zero-order chi connectivity index (χ0) is 15.0. The number of hydrogen-bond donors (Lipinski definition) is 0. The summed E-state index contributed by atoms with van der Waals surface area (Å²) in [5.41, 5.74) is 4.57. The summed E-state index contributed by atoms with van der Waals surface area (Å²) >= 11 is 6.37. The van der Waals surface area contributed by atoms with Gasteiger partial charge in [0.1, 0.15) is 5.82 Å². The maximum Gasteiger partial charge on any atom is 0.128 e. The molecule has 0 aliphatic carbocycles. The first-order valence-electron chi connectivity index (χ1n) is 7.11. The van der Waals surface area contributed by atoms with Crippen molar-refractivity contribution in [2.45, 2.75) is 32.2 Å². The van der Waals surface area contributed by atoms with Crippen LogP contribution in [-0.4, -0.2) is 14.5 Å². The summed E-state index contributed by atoms with van der Waals surface area (Å²) in [6.45, 7) is 6.25. The number of aryl methyl sites for hydroxylation is 1. The smallest absolute Gasteiger partial charge is 0.128 e. The van der Waals surface area contributed by atoms with Crippen LogP contribution in [0.25, 0.3) is 11.0 Å². The number of imidazole rings is 1. The first-order valence-corrected chi connectivity index (χ1v) is 7.54. The average Bonchev–Trinajstić information content (AvgIpc) is 2.88. The lowest BCUT2D eigenvalue weighted by Crippen LogP contribution is -2.11. The Bertz CT molecular complexity index is 762. The topological polar surface area (TPSA) is 30.7 Å². The van der Waals surface area contributed by atoms with Crippen LogP contribution >= 0.6 is 11.6 Å². The van der Waals surface area contributed by atoms with Crippen LogP contribution in [0.4, 0.5) is 0 Å². The number of fused-ring (bicyclic) bond motifs is 1. The molecule has 3 nitrogen and oxygen atoms in total. The fraction of sp³-hybridized carbons (Fsp3) is 0.294. The van der Waals surface area contributed by atoms with E-state index in [-0.39, 0.29) is 11.4 Å². The van der Waals surface area contributed by atoms with Gasteiger partial charge in [-0.1, -0.05) is 12.1 Å². The van der Waals surface area contributed by atoms with E-state index in [1.807, 2.05) is 43.6 Å². The number of aromatic nitrogens is 3. The van der Waals surface area contributed by atoms with Gasteiger partial charge in [0.05, 0.1) is 22.5 Å². The van der Waals surface area contributed by atoms with Crippen molar-refractivity contribution in [1.29, 1.82) is 0 Å². The highest BCUT2D eigenvalue weighted by Gasteiger charge is 2.21. The van der Waals surface area contributed by atoms with Gasteiger partial charge < -0.3 is 4.57 Å². The number of hydrogen-bond acceptors (Lipinski definition) is 2. The Morgan fingerprint density at radius 3 is 2.48 bits per heavy atom. The van der Waals surface area contributed by atoms with Gasteiger partial charge in [-0.2, -0.15) is 0 Å². The number of alkyl halides is 1. The Morgan fingerprint density at radius 2 is 1.81 bits per heavy atom. The molecule has 21 heavy (non-hydrogen) atoms. The lowest BCUT2D eigenvalue weighted by atomic mass is 10.1. The van der Waals surface area contributed by atoms with E-state index in [1.54, 1.807) is 0 Å². The molecule has 0 saturated heterocycles. The minimum absolute atomic E-state index is 0.138. The molecular formula is C17H18ClN3. The van der Waals surface area contributed by atoms with Crippen LogP contribution in [0.5, 0.6) is 0 Å². The van der Waals surface area contributed by atoms with Crippen LogP contribution in [0, 0.1) is 6.92 Å². The SMILES string of the molecule is Cc1cccc2nc(C(C)Cl)n(C(C)c3ccncc3)c12. The summed E-state index contributed by atoms with van der Waals surface area (Å²) in [5, 5.41) is -0.138. The fourth-order valence-corrected chi connectivity index (χ4v) is 2.96. The molecule has 0 amide bonds. The first kappa shape index (κ1) is 14.1. The van der Waals surface area contributed by atoms with Crippen LogP contribution in [0.15, 0.2) is 42.7 Å². The molecular weight excluding hydrogens is 282 g/mol. The molecule has 0 N–H and O–H groups in total. The van der Waals surface area contributed by atoms with E-state index < -0.39 is 0 Å². The Balaban J connectivity index is 2.27. The Hall–Kier alpha value is -1.87. The lowest BCUT2D eigenvalue weighted by Gasteiger charge is -2.19. The summed E-state index contributed by atoms with van der Waals surface area (Å²) < 4.78 is 2.25. The van der Waals surface area contributed by atoms with E-state index in [1.165, 1.54) is 11.1 Å². The van der Waals surface area contributed by atoms with Crippen molar-refractivity contribution in [1.82, 2.24) is 14.5 Å². The van der Waals surface area contributed by atoms with Gasteiger partial charge in [-0.15, -0.1) is 11.6 Å². The summed E-state index contributed by atoms with van der Waals surface area (Å²) in [7, 11) is 0. The van der Waals surface area contributed by atoms with Gasteiger partial charge in [0, 0.05) is 12.4 Å². The molecule has 2 heterocycles. The van der Waals surface area contributed by atoms with Gasteiger partial charge in [-0.25, -0.2) is 4.98 Å². The van der Waals surface area contributed by atoms with Crippen molar-refractivity contribution in [2.24, 2.45) is 0 Å². The molecule has 0 spiro atoms. The number of pyridine rings is 1. The van der Waals surface area contributed by atoms with E-state index in [4.69, 9.17) is 16.6 Å². The zero-order valence-corrected chi connectivity index (χ0v) is 13.2. The minimum Gasteiger partial charge on any atom is -0.319 e. The highest BCUT2D eigenvalue weighted by atomic mass is 35.5. The predicted molar refractivity (Wildman–Crippen MR) is 86.8 cm³/mol. The Morgan fingerprint density at radius 1 is 1.10 bits per heavy atom. The van der Waals surface area contributed by atoms with Gasteiger partial charge in [-0.05, 0) is 50.1 Å². The monoisotopic (exact) mass is 299 g/mol. The van der Waals surface area contributed by atoms with Crippen LogP contribution in [-0.2, 0) is 0 Å². The van der Waals surface area contributed by atoms with Crippen LogP contribution in [0.1, 0.15) is 42.2 Å². The lowest BCUT2D eigenvalue weighted by molar-refractivity contribution is 0.617. The molecule has 0 fully saturated rings. The van der Waals surface area contributed by atoms with Gasteiger partial charge in [0.2, 0.25) is 0 Å². The summed E-state index contributed by atoms with van der Waals surface area (Å²) in [4.78, 5) is 8.83. The number of nitrogens with zero attached hydrogens (tertiary/aromatic N) is 3. The molecule has 0 radical (unpaired) electrons. The summed E-state index contributed by atoms with van der Waals surface area (Å²) in [6, 6.07) is 10.4. The van der Waals surface area contributed by atoms with Crippen LogP contribution in [0.3, 0.4) is 0 Å². The minimum atomic E-state index is -0.138. The molecule has 3 rings (SSSR count). The molecule has 1 aromatic carbocycles. The van der Waals surface area contributed by atoms with E-state index >= 15 is 0 Å². The fourth-order valence-electron chi connectivity index (χ4n) is 2.80. The van der Waals surface area contributed by atoms with Crippen molar-refractivity contribution in [3.8, 4) is 0 Å². The van der Waals surface area contributed by atoms with Crippen molar-refractivity contribution in [2.75, 3.05) is 0 Å². The van der Waals surface area contributed by atoms with Gasteiger partial charge in [0.25, 0.3) is 0 Å². The predicted octanol–water partition coefficient (Wildman–Crippen LogP) is 4.65. The van der Waals surface area contributed by atoms with E-state index in [9.17, 15) is 0 Å². The van der Waals surface area contributed by atoms with E-state index in [0.717, 1.165) is 16.9 Å². The summed E-state index contributed by atoms with van der Waals surface area (Å²) in [6.07, 6.45) is 3.64. The number of rotatable bonds is 3. The Kier molecular flexibility index (Phi) is 3.68. The first-order chi connectivity index (χ1) is 10.1. The standard InChI is InChI=1S/C17H18ClN3/c1-11-5-4-6-15-16(11)21(17(20-15)12(2)18)13(3)14-7-9-19-10-8-14/h4-10,12-13H,1-3H3. The van der Waals surface area contributed by atoms with Gasteiger partial charge >= 0.3 is 0 Å². The third kappa shape index (κ3) is 2.42. The number of halogens is 1. The number of para-hydroxylation sites is 1. The van der Waals surface area contributed by atoms with Gasteiger partial charge in [-0.3, -0.25) is 4.98 Å². The molecule has 0 bridgehead atoms. The largest absolute Gasteiger partial charge is 0.319 e. The normalized spacial score (nSPS) is 14.3. The molecule has 2 aromatic heterocycles. The highest BCUT2D eigenvalue weighted by molar-refractivity contribution is 6.20. The molecule has 108 valence electrons. The van der Waals surface area contributed by atoms with Crippen LogP contribution in [0.2, 0.25) is 0 Å². The number of benzene rings is 1. The van der Waals surface area contributed by atoms with Crippen LogP contribution < -0.4 is 0 Å². The molecule has 2 atom stereocenters. The maximum absolute atomic E-state index is 6.37. The summed E-state index contributed by atoms with van der Waals surface area (Å²) in [5.74, 6) is 0.908. The Labute approximate surface area is 129 Å². The van der Waals surface area contributed by atoms with E-state index in [2.05, 4.69) is 29.5 Å². The van der Waals surface area contributed by atoms with E-state index in [0.29, 0.717) is 0 Å². The zero-order valence-electron chi connectivity index (χ0n) is 12.4. The van der Waals surface area contributed by atoms with Crippen molar-refractivity contribution in [3.63, 3.8) is 0 Å². The second-order valence-electron chi connectivity index (χ2n) is 5.36. The third-order valence-electron chi connectivity index (χ3n) is 3.87.